The molecule has 1 heterocycles. The van der Waals surface area contributed by atoms with Crippen LogP contribution >= 0.6 is 11.6 Å². The molecule has 8 heteroatoms. The second-order valence-electron chi connectivity index (χ2n) is 7.41. The van der Waals surface area contributed by atoms with Crippen LogP contribution in [0.5, 0.6) is 0 Å². The van der Waals surface area contributed by atoms with Crippen molar-refractivity contribution in [2.75, 3.05) is 0 Å². The maximum atomic E-state index is 12.9. The van der Waals surface area contributed by atoms with E-state index < -0.39 is 4.92 Å². The molecule has 7 nitrogen and oxygen atoms in total. The van der Waals surface area contributed by atoms with E-state index in [-0.39, 0.29) is 17.6 Å². The van der Waals surface area contributed by atoms with Crippen molar-refractivity contribution in [1.82, 2.24) is 14.9 Å². The first-order valence-corrected chi connectivity index (χ1v) is 10.6. The Morgan fingerprint density at radius 3 is 2.44 bits per heavy atom. The number of para-hydroxylation sites is 2. The Balaban J connectivity index is 1.66. The van der Waals surface area contributed by atoms with Gasteiger partial charge in [-0.1, -0.05) is 42.8 Å². The van der Waals surface area contributed by atoms with Crippen molar-refractivity contribution in [2.45, 2.75) is 25.9 Å². The number of rotatable bonds is 7. The number of benzene rings is 3. The van der Waals surface area contributed by atoms with Crippen molar-refractivity contribution in [3.05, 3.63) is 105 Å². The highest BCUT2D eigenvalue weighted by Crippen LogP contribution is 2.25. The predicted molar refractivity (Wildman–Crippen MR) is 124 cm³/mol. The fourth-order valence-corrected chi connectivity index (χ4v) is 3.75. The van der Waals surface area contributed by atoms with E-state index in [2.05, 4.69) is 9.88 Å². The minimum atomic E-state index is -0.490. The molecule has 4 aromatic rings. The van der Waals surface area contributed by atoms with E-state index in [1.807, 2.05) is 55.5 Å². The van der Waals surface area contributed by atoms with Gasteiger partial charge in [-0.2, -0.15) is 0 Å². The SMILES string of the molecule is CCC(NC(=O)c1ccc([N+](=O)[O-])cc1)c1nc2ccccc2n1Cc1ccc(Cl)cc1. The van der Waals surface area contributed by atoms with Crippen LogP contribution in [0, 0.1) is 10.1 Å². The molecule has 1 unspecified atom stereocenters. The Kier molecular flexibility index (Phi) is 6.18. The lowest BCUT2D eigenvalue weighted by molar-refractivity contribution is -0.384. The lowest BCUT2D eigenvalue weighted by Gasteiger charge is -2.19. The van der Waals surface area contributed by atoms with E-state index in [1.165, 1.54) is 24.3 Å². The molecule has 0 aliphatic carbocycles. The number of non-ortho nitro benzene ring substituents is 1. The van der Waals surface area contributed by atoms with Crippen molar-refractivity contribution < 1.29 is 9.72 Å². The van der Waals surface area contributed by atoms with Gasteiger partial charge in [0.25, 0.3) is 11.6 Å². The number of imidazole rings is 1. The first kappa shape index (κ1) is 21.5. The summed E-state index contributed by atoms with van der Waals surface area (Å²) < 4.78 is 2.10. The number of nitro benzene ring substituents is 1. The molecule has 162 valence electrons. The molecule has 32 heavy (non-hydrogen) atoms. The fourth-order valence-electron chi connectivity index (χ4n) is 3.62. The summed E-state index contributed by atoms with van der Waals surface area (Å²) in [6, 6.07) is 20.7. The molecule has 3 aromatic carbocycles. The average molecular weight is 449 g/mol. The molecule has 1 amide bonds. The summed E-state index contributed by atoms with van der Waals surface area (Å²) in [6.45, 7) is 2.56. The molecule has 0 spiro atoms. The molecule has 0 fully saturated rings. The number of nitro groups is 1. The van der Waals surface area contributed by atoms with Crippen molar-refractivity contribution in [3.63, 3.8) is 0 Å². The lowest BCUT2D eigenvalue weighted by atomic mass is 10.1. The first-order chi connectivity index (χ1) is 15.5. The molecule has 0 radical (unpaired) electrons. The van der Waals surface area contributed by atoms with Crippen LogP contribution in [0.3, 0.4) is 0 Å². The third-order valence-electron chi connectivity index (χ3n) is 5.30. The number of carbonyl (C=O) groups excluding carboxylic acids is 1. The predicted octanol–water partition coefficient (Wildman–Crippen LogP) is 5.53. The average Bonchev–Trinajstić information content (AvgIpc) is 3.17. The van der Waals surface area contributed by atoms with E-state index in [0.29, 0.717) is 23.6 Å². The minimum Gasteiger partial charge on any atom is -0.342 e. The Labute approximate surface area is 189 Å². The summed E-state index contributed by atoms with van der Waals surface area (Å²) in [5.41, 5.74) is 3.18. The molecule has 1 N–H and O–H groups in total. The van der Waals surface area contributed by atoms with Crippen LogP contribution in [-0.2, 0) is 6.54 Å². The number of nitrogens with zero attached hydrogens (tertiary/aromatic N) is 3. The second kappa shape index (κ2) is 9.20. The lowest BCUT2D eigenvalue weighted by Crippen LogP contribution is -2.30. The van der Waals surface area contributed by atoms with Gasteiger partial charge in [0, 0.05) is 29.3 Å². The quantitative estimate of drug-likeness (QED) is 0.297. The number of hydrogen-bond donors (Lipinski definition) is 1. The maximum absolute atomic E-state index is 12.9. The van der Waals surface area contributed by atoms with Gasteiger partial charge in [0.15, 0.2) is 0 Å². The molecular formula is C24H21ClN4O3. The molecule has 0 aliphatic rings. The Hall–Kier alpha value is -3.71. The summed E-state index contributed by atoms with van der Waals surface area (Å²) in [6.07, 6.45) is 0.628. The largest absolute Gasteiger partial charge is 0.342 e. The molecule has 1 aromatic heterocycles. The van der Waals surface area contributed by atoms with Crippen LogP contribution in [0.2, 0.25) is 5.02 Å². The van der Waals surface area contributed by atoms with Crippen molar-refractivity contribution in [3.8, 4) is 0 Å². The third kappa shape index (κ3) is 4.48. The number of fused-ring (bicyclic) bond motifs is 1. The minimum absolute atomic E-state index is 0.0571. The van der Waals surface area contributed by atoms with Crippen LogP contribution in [0.25, 0.3) is 11.0 Å². The highest BCUT2D eigenvalue weighted by atomic mass is 35.5. The van der Waals surface area contributed by atoms with Crippen LogP contribution in [0.1, 0.15) is 41.1 Å². The normalized spacial score (nSPS) is 11.9. The van der Waals surface area contributed by atoms with Gasteiger partial charge in [0.1, 0.15) is 5.82 Å². The zero-order valence-corrected chi connectivity index (χ0v) is 18.1. The zero-order valence-electron chi connectivity index (χ0n) is 17.4. The van der Waals surface area contributed by atoms with Crippen LogP contribution in [-0.4, -0.2) is 20.4 Å². The van der Waals surface area contributed by atoms with E-state index in [1.54, 1.807) is 0 Å². The van der Waals surface area contributed by atoms with Crippen molar-refractivity contribution in [1.29, 1.82) is 0 Å². The summed E-state index contributed by atoms with van der Waals surface area (Å²) in [7, 11) is 0. The summed E-state index contributed by atoms with van der Waals surface area (Å²) in [5, 5.41) is 14.6. The van der Waals surface area contributed by atoms with Gasteiger partial charge in [0.05, 0.1) is 22.0 Å². The van der Waals surface area contributed by atoms with Crippen molar-refractivity contribution in [2.24, 2.45) is 0 Å². The van der Waals surface area contributed by atoms with Gasteiger partial charge in [-0.05, 0) is 48.4 Å². The van der Waals surface area contributed by atoms with Crippen LogP contribution in [0.15, 0.2) is 72.8 Å². The molecule has 0 saturated heterocycles. The van der Waals surface area contributed by atoms with Crippen LogP contribution < -0.4 is 5.32 Å². The molecular weight excluding hydrogens is 428 g/mol. The molecule has 0 aliphatic heterocycles. The molecule has 0 saturated carbocycles. The molecule has 4 rings (SSSR count). The number of carbonyl (C=O) groups is 1. The summed E-state index contributed by atoms with van der Waals surface area (Å²) in [4.78, 5) is 28.1. The van der Waals surface area contributed by atoms with Gasteiger partial charge in [-0.25, -0.2) is 4.98 Å². The monoisotopic (exact) mass is 448 g/mol. The maximum Gasteiger partial charge on any atom is 0.269 e. The zero-order chi connectivity index (χ0) is 22.7. The number of aromatic nitrogens is 2. The second-order valence-corrected chi connectivity index (χ2v) is 7.85. The molecule has 0 bridgehead atoms. The van der Waals surface area contributed by atoms with Gasteiger partial charge >= 0.3 is 0 Å². The smallest absolute Gasteiger partial charge is 0.269 e. The van der Waals surface area contributed by atoms with E-state index in [0.717, 1.165) is 22.4 Å². The number of hydrogen-bond acceptors (Lipinski definition) is 4. The standard InChI is InChI=1S/C24H21ClN4O3/c1-2-20(27-24(30)17-9-13-19(14-10-17)29(31)32)23-26-21-5-3-4-6-22(21)28(23)15-16-7-11-18(25)12-8-16/h3-14,20H,2,15H2,1H3,(H,27,30). The van der Waals surface area contributed by atoms with Gasteiger partial charge in [-0.15, -0.1) is 0 Å². The Bertz CT molecular complexity index is 1270. The van der Waals surface area contributed by atoms with Gasteiger partial charge in [-0.3, -0.25) is 14.9 Å². The van der Waals surface area contributed by atoms with E-state index >= 15 is 0 Å². The molecule has 1 atom stereocenters. The highest BCUT2D eigenvalue weighted by Gasteiger charge is 2.22. The van der Waals surface area contributed by atoms with E-state index in [4.69, 9.17) is 16.6 Å². The Morgan fingerprint density at radius 1 is 1.09 bits per heavy atom. The van der Waals surface area contributed by atoms with E-state index in [9.17, 15) is 14.9 Å². The number of amides is 1. The van der Waals surface area contributed by atoms with Crippen LogP contribution in [0.4, 0.5) is 5.69 Å². The fraction of sp³-hybridized carbons (Fsp3) is 0.167. The van der Waals surface area contributed by atoms with Crippen molar-refractivity contribution >= 4 is 34.2 Å². The number of halogens is 1. The first-order valence-electron chi connectivity index (χ1n) is 10.2. The Morgan fingerprint density at radius 2 is 1.78 bits per heavy atom. The third-order valence-corrected chi connectivity index (χ3v) is 5.56. The topological polar surface area (TPSA) is 90.1 Å². The summed E-state index contributed by atoms with van der Waals surface area (Å²) >= 11 is 6.03. The van der Waals surface area contributed by atoms with Gasteiger partial charge in [0.2, 0.25) is 0 Å². The highest BCUT2D eigenvalue weighted by molar-refractivity contribution is 6.30. The van der Waals surface area contributed by atoms with Gasteiger partial charge < -0.3 is 9.88 Å². The summed E-state index contributed by atoms with van der Waals surface area (Å²) in [5.74, 6) is 0.441. The number of nitrogens with one attached hydrogen (secondary N) is 1.